The normalized spacial score (nSPS) is 14.9. The third-order valence-corrected chi connectivity index (χ3v) is 3.82. The summed E-state index contributed by atoms with van der Waals surface area (Å²) in [6.45, 7) is 5.73. The van der Waals surface area contributed by atoms with E-state index in [1.807, 2.05) is 19.1 Å². The van der Waals surface area contributed by atoms with Gasteiger partial charge in [-0.15, -0.1) is 0 Å². The molecule has 1 saturated heterocycles. The van der Waals surface area contributed by atoms with Gasteiger partial charge in [-0.05, 0) is 42.3 Å². The Balaban J connectivity index is 1.89. The second kappa shape index (κ2) is 6.75. The second-order valence-corrected chi connectivity index (χ2v) is 5.27. The van der Waals surface area contributed by atoms with Gasteiger partial charge in [-0.1, -0.05) is 6.92 Å². The minimum atomic E-state index is -0.243. The number of hydrogen-bond acceptors (Lipinski definition) is 4. The molecule has 0 unspecified atom stereocenters. The lowest BCUT2D eigenvalue weighted by molar-refractivity contribution is 0.452. The predicted molar refractivity (Wildman–Crippen MR) is 85.2 cm³/mol. The molecule has 1 N–H and O–H groups in total. The van der Waals surface area contributed by atoms with Crippen molar-refractivity contribution in [3.8, 4) is 11.6 Å². The molecular formula is C17H20FN3O. The number of nitrogens with one attached hydrogen (secondary N) is 1. The summed E-state index contributed by atoms with van der Waals surface area (Å²) < 4.78 is 19.4. The molecule has 4 nitrogen and oxygen atoms in total. The molecule has 0 radical (unpaired) electrons. The first-order valence-electron chi connectivity index (χ1n) is 7.65. The van der Waals surface area contributed by atoms with Gasteiger partial charge in [-0.2, -0.15) is 0 Å². The van der Waals surface area contributed by atoms with E-state index in [4.69, 9.17) is 4.74 Å². The Kier molecular flexibility index (Phi) is 4.53. The van der Waals surface area contributed by atoms with Crippen LogP contribution in [0.15, 0.2) is 36.5 Å². The van der Waals surface area contributed by atoms with E-state index in [-0.39, 0.29) is 5.82 Å². The smallest absolute Gasteiger partial charge is 0.243 e. The van der Waals surface area contributed by atoms with Gasteiger partial charge < -0.3 is 15.0 Å². The molecule has 0 amide bonds. The number of aromatic nitrogens is 1. The predicted octanol–water partition coefficient (Wildman–Crippen LogP) is 2.99. The highest BCUT2D eigenvalue weighted by Gasteiger charge is 2.17. The van der Waals surface area contributed by atoms with Crippen molar-refractivity contribution in [3.63, 3.8) is 0 Å². The third kappa shape index (κ3) is 3.20. The van der Waals surface area contributed by atoms with E-state index in [1.165, 1.54) is 12.1 Å². The zero-order chi connectivity index (χ0) is 15.4. The molecule has 0 spiro atoms. The summed E-state index contributed by atoms with van der Waals surface area (Å²) >= 11 is 0. The number of halogens is 1. The molecule has 0 bridgehead atoms. The maximum absolute atomic E-state index is 13.4. The van der Waals surface area contributed by atoms with Gasteiger partial charge in [-0.25, -0.2) is 9.37 Å². The van der Waals surface area contributed by atoms with Crippen LogP contribution in [0, 0.1) is 5.82 Å². The van der Waals surface area contributed by atoms with Crippen LogP contribution in [0.3, 0.4) is 0 Å². The Bertz CT molecular complexity index is 642. The van der Waals surface area contributed by atoms with Crippen molar-refractivity contribution in [3.05, 3.63) is 47.9 Å². The fourth-order valence-electron chi connectivity index (χ4n) is 2.64. The van der Waals surface area contributed by atoms with Crippen LogP contribution in [0.2, 0.25) is 0 Å². The molecule has 2 heterocycles. The highest BCUT2D eigenvalue weighted by atomic mass is 19.1. The van der Waals surface area contributed by atoms with Crippen LogP contribution in [-0.2, 0) is 6.42 Å². The second-order valence-electron chi connectivity index (χ2n) is 5.27. The highest BCUT2D eigenvalue weighted by Crippen LogP contribution is 2.32. The molecule has 1 aromatic heterocycles. The topological polar surface area (TPSA) is 37.4 Å². The number of ether oxygens (including phenoxy) is 1. The monoisotopic (exact) mass is 301 g/mol. The van der Waals surface area contributed by atoms with Crippen LogP contribution in [0.25, 0.3) is 0 Å². The van der Waals surface area contributed by atoms with E-state index in [9.17, 15) is 4.39 Å². The van der Waals surface area contributed by atoms with Crippen LogP contribution in [0.1, 0.15) is 12.5 Å². The van der Waals surface area contributed by atoms with Crippen LogP contribution < -0.4 is 15.0 Å². The summed E-state index contributed by atoms with van der Waals surface area (Å²) in [6.07, 6.45) is 2.43. The molecule has 116 valence electrons. The van der Waals surface area contributed by atoms with Gasteiger partial charge in [0, 0.05) is 32.4 Å². The van der Waals surface area contributed by atoms with Gasteiger partial charge in [0.05, 0.1) is 0 Å². The zero-order valence-electron chi connectivity index (χ0n) is 12.7. The molecule has 2 aromatic rings. The van der Waals surface area contributed by atoms with Gasteiger partial charge in [0.1, 0.15) is 17.3 Å². The molecule has 1 fully saturated rings. The lowest BCUT2D eigenvalue weighted by Crippen LogP contribution is -2.43. The molecule has 1 aromatic carbocycles. The molecule has 1 aliphatic rings. The molecule has 1 aliphatic heterocycles. The van der Waals surface area contributed by atoms with Crippen molar-refractivity contribution in [1.29, 1.82) is 0 Å². The lowest BCUT2D eigenvalue weighted by Gasteiger charge is -2.30. The van der Waals surface area contributed by atoms with Gasteiger partial charge in [0.15, 0.2) is 0 Å². The quantitative estimate of drug-likeness (QED) is 0.942. The summed E-state index contributed by atoms with van der Waals surface area (Å²) in [5, 5.41) is 3.33. The lowest BCUT2D eigenvalue weighted by atomic mass is 10.1. The molecular weight excluding hydrogens is 281 g/mol. The SMILES string of the molecule is CCc1cc(F)ccc1Oc1ncccc1N1CCNCC1. The average Bonchev–Trinajstić information content (AvgIpc) is 2.57. The van der Waals surface area contributed by atoms with Crippen molar-refractivity contribution in [1.82, 2.24) is 10.3 Å². The van der Waals surface area contributed by atoms with E-state index >= 15 is 0 Å². The van der Waals surface area contributed by atoms with Crippen molar-refractivity contribution < 1.29 is 9.13 Å². The van der Waals surface area contributed by atoms with E-state index in [0.717, 1.165) is 37.4 Å². The highest BCUT2D eigenvalue weighted by molar-refractivity contribution is 5.56. The van der Waals surface area contributed by atoms with Crippen molar-refractivity contribution in [2.45, 2.75) is 13.3 Å². The van der Waals surface area contributed by atoms with E-state index in [1.54, 1.807) is 12.3 Å². The summed E-state index contributed by atoms with van der Waals surface area (Å²) in [7, 11) is 0. The average molecular weight is 301 g/mol. The van der Waals surface area contributed by atoms with Crippen LogP contribution in [0.4, 0.5) is 10.1 Å². The first-order chi connectivity index (χ1) is 10.8. The third-order valence-electron chi connectivity index (χ3n) is 3.82. The van der Waals surface area contributed by atoms with E-state index in [2.05, 4.69) is 15.2 Å². The minimum Gasteiger partial charge on any atom is -0.437 e. The standard InChI is InChI=1S/C17H20FN3O/c1-2-13-12-14(18)5-6-16(13)22-17-15(4-3-7-20-17)21-10-8-19-9-11-21/h3-7,12,19H,2,8-11H2,1H3. The number of aryl methyl sites for hydroxylation is 1. The van der Waals surface area contributed by atoms with E-state index < -0.39 is 0 Å². The largest absolute Gasteiger partial charge is 0.437 e. The van der Waals surface area contributed by atoms with Crippen LogP contribution >= 0.6 is 0 Å². The zero-order valence-corrected chi connectivity index (χ0v) is 12.7. The van der Waals surface area contributed by atoms with Crippen molar-refractivity contribution in [2.75, 3.05) is 31.1 Å². The number of benzene rings is 1. The first-order valence-corrected chi connectivity index (χ1v) is 7.65. The summed E-state index contributed by atoms with van der Waals surface area (Å²) in [5.41, 5.74) is 1.83. The number of nitrogens with zero attached hydrogens (tertiary/aromatic N) is 2. The Hall–Kier alpha value is -2.14. The maximum Gasteiger partial charge on any atom is 0.243 e. The van der Waals surface area contributed by atoms with Gasteiger partial charge in [0.2, 0.25) is 5.88 Å². The Morgan fingerprint density at radius 3 is 2.86 bits per heavy atom. The number of rotatable bonds is 4. The fraction of sp³-hybridized carbons (Fsp3) is 0.353. The minimum absolute atomic E-state index is 0.243. The number of anilines is 1. The Morgan fingerprint density at radius 2 is 2.09 bits per heavy atom. The van der Waals surface area contributed by atoms with Crippen molar-refractivity contribution in [2.24, 2.45) is 0 Å². The molecule has 22 heavy (non-hydrogen) atoms. The molecule has 0 aliphatic carbocycles. The molecule has 0 atom stereocenters. The Labute approximate surface area is 129 Å². The van der Waals surface area contributed by atoms with Gasteiger partial charge in [0.25, 0.3) is 0 Å². The molecule has 3 rings (SSSR count). The summed E-state index contributed by atoms with van der Waals surface area (Å²) in [4.78, 5) is 6.63. The summed E-state index contributed by atoms with van der Waals surface area (Å²) in [6, 6.07) is 8.54. The fourth-order valence-corrected chi connectivity index (χ4v) is 2.64. The Morgan fingerprint density at radius 1 is 1.27 bits per heavy atom. The number of hydrogen-bond donors (Lipinski definition) is 1. The van der Waals surface area contributed by atoms with Gasteiger partial charge >= 0.3 is 0 Å². The maximum atomic E-state index is 13.4. The number of piperazine rings is 1. The summed E-state index contributed by atoms with van der Waals surface area (Å²) in [5.74, 6) is 0.997. The number of pyridine rings is 1. The van der Waals surface area contributed by atoms with E-state index in [0.29, 0.717) is 18.1 Å². The van der Waals surface area contributed by atoms with Crippen molar-refractivity contribution >= 4 is 5.69 Å². The van der Waals surface area contributed by atoms with Gasteiger partial charge in [-0.3, -0.25) is 0 Å². The molecule has 5 heteroatoms. The molecule has 0 saturated carbocycles. The van der Waals surface area contributed by atoms with Crippen LogP contribution in [-0.4, -0.2) is 31.2 Å². The first kappa shape index (κ1) is 14.8. The van der Waals surface area contributed by atoms with Crippen LogP contribution in [0.5, 0.6) is 11.6 Å².